The largest absolute Gasteiger partial charge is 0.410 e. The Balaban J connectivity index is 3.35. The Morgan fingerprint density at radius 1 is 1.86 bits per heavy atom. The molecule has 0 bridgehead atoms. The summed E-state index contributed by atoms with van der Waals surface area (Å²) in [5.74, 6) is 0. The standard InChI is InChI=1S/C3H4NO3/c5-2-3(6)1-4-7/h2-3,6-7H. The van der Waals surface area contributed by atoms with Crippen LogP contribution in [0.2, 0.25) is 0 Å². The minimum atomic E-state index is -1.40. The van der Waals surface area contributed by atoms with E-state index in [-0.39, 0.29) is 6.29 Å². The summed E-state index contributed by atoms with van der Waals surface area (Å²) < 4.78 is 0. The summed E-state index contributed by atoms with van der Waals surface area (Å²) in [5, 5.41) is 18.0. The van der Waals surface area contributed by atoms with Crippen LogP contribution >= 0.6 is 0 Å². The fourth-order valence-corrected chi connectivity index (χ4v) is 0.0896. The molecule has 0 aromatic carbocycles. The molecule has 0 aromatic rings. The van der Waals surface area contributed by atoms with Gasteiger partial charge in [-0.05, 0) is 0 Å². The maximum atomic E-state index is 9.41. The van der Waals surface area contributed by atoms with Crippen LogP contribution in [0, 0.1) is 0 Å². The van der Waals surface area contributed by atoms with Crippen molar-refractivity contribution in [3.05, 3.63) is 0 Å². The summed E-state index contributed by atoms with van der Waals surface area (Å²) in [5.41, 5.74) is 0. The van der Waals surface area contributed by atoms with Gasteiger partial charge in [-0.25, -0.2) is 0 Å². The Hall–Kier alpha value is -0.900. The molecule has 4 heteroatoms. The zero-order valence-electron chi connectivity index (χ0n) is 3.40. The van der Waals surface area contributed by atoms with Gasteiger partial charge in [-0.1, -0.05) is 5.16 Å². The number of hydrogen-bond acceptors (Lipinski definition) is 4. The van der Waals surface area contributed by atoms with Crippen LogP contribution < -0.4 is 0 Å². The summed E-state index contributed by atoms with van der Waals surface area (Å²) in [6, 6.07) is 0. The minimum Gasteiger partial charge on any atom is -0.410 e. The second kappa shape index (κ2) is 3.30. The third-order valence-electron chi connectivity index (χ3n) is 0.319. The highest BCUT2D eigenvalue weighted by Crippen LogP contribution is 1.64. The van der Waals surface area contributed by atoms with Crippen LogP contribution in [0.1, 0.15) is 0 Å². The van der Waals surface area contributed by atoms with Crippen LogP contribution in [0.4, 0.5) is 0 Å². The van der Waals surface area contributed by atoms with Crippen molar-refractivity contribution in [1.29, 1.82) is 0 Å². The van der Waals surface area contributed by atoms with Crippen LogP contribution in [0.3, 0.4) is 0 Å². The Labute approximate surface area is 40.1 Å². The predicted octanol–water partition coefficient (Wildman–Crippen LogP) is -1.12. The van der Waals surface area contributed by atoms with E-state index >= 15 is 0 Å². The Bertz CT molecular complexity index is 80.2. The molecule has 0 saturated heterocycles. The summed E-state index contributed by atoms with van der Waals surface area (Å²) >= 11 is 0. The van der Waals surface area contributed by atoms with Gasteiger partial charge in [0.25, 0.3) is 0 Å². The maximum Gasteiger partial charge on any atom is 0.156 e. The van der Waals surface area contributed by atoms with Gasteiger partial charge in [0.05, 0.1) is 0 Å². The normalized spacial score (nSPS) is 14.4. The molecule has 0 amide bonds. The van der Waals surface area contributed by atoms with Crippen molar-refractivity contribution in [3.8, 4) is 0 Å². The number of aliphatic hydroxyl groups is 1. The average Bonchev–Trinajstić information content (AvgIpc) is 1.68. The van der Waals surface area contributed by atoms with E-state index in [1.54, 1.807) is 6.21 Å². The molecular formula is C3H4NO3. The van der Waals surface area contributed by atoms with Gasteiger partial charge in [0.15, 0.2) is 12.4 Å². The van der Waals surface area contributed by atoms with E-state index in [1.807, 2.05) is 0 Å². The molecule has 1 radical (unpaired) electrons. The number of carbonyl (C=O) groups excluding carboxylic acids is 1. The lowest BCUT2D eigenvalue weighted by Gasteiger charge is -1.82. The van der Waals surface area contributed by atoms with Gasteiger partial charge in [-0.3, -0.25) is 0 Å². The van der Waals surface area contributed by atoms with Gasteiger partial charge in [0.2, 0.25) is 0 Å². The SMILES string of the molecule is O=CC(O)[C]=NO. The number of nitrogens with zero attached hydrogens (tertiary/aromatic N) is 1. The summed E-state index contributed by atoms with van der Waals surface area (Å²) in [4.78, 5) is 9.41. The fraction of sp³-hybridized carbons (Fsp3) is 0.333. The topological polar surface area (TPSA) is 69.9 Å². The molecule has 0 aromatic heterocycles. The van der Waals surface area contributed by atoms with Crippen molar-refractivity contribution >= 4 is 12.5 Å². The van der Waals surface area contributed by atoms with E-state index in [2.05, 4.69) is 5.16 Å². The maximum absolute atomic E-state index is 9.41. The first-order valence-electron chi connectivity index (χ1n) is 1.54. The zero-order chi connectivity index (χ0) is 5.70. The molecule has 7 heavy (non-hydrogen) atoms. The molecule has 4 nitrogen and oxygen atoms in total. The van der Waals surface area contributed by atoms with Gasteiger partial charge in [0, 0.05) is 0 Å². The minimum absolute atomic E-state index is 0.194. The van der Waals surface area contributed by atoms with Crippen molar-refractivity contribution in [3.63, 3.8) is 0 Å². The van der Waals surface area contributed by atoms with Crippen molar-refractivity contribution in [2.75, 3.05) is 0 Å². The molecule has 2 N–H and O–H groups in total. The van der Waals surface area contributed by atoms with Gasteiger partial charge in [-0.15, -0.1) is 0 Å². The zero-order valence-corrected chi connectivity index (χ0v) is 3.40. The molecule has 0 fully saturated rings. The molecular weight excluding hydrogens is 98.0 g/mol. The van der Waals surface area contributed by atoms with Gasteiger partial charge in [-0.2, -0.15) is 0 Å². The third kappa shape index (κ3) is 2.92. The van der Waals surface area contributed by atoms with E-state index < -0.39 is 6.10 Å². The van der Waals surface area contributed by atoms with Crippen molar-refractivity contribution < 1.29 is 15.1 Å². The molecule has 0 spiro atoms. The Morgan fingerprint density at radius 3 is 2.57 bits per heavy atom. The van der Waals surface area contributed by atoms with Crippen LogP contribution in [-0.2, 0) is 4.79 Å². The quantitative estimate of drug-likeness (QED) is 0.201. The Morgan fingerprint density at radius 2 is 2.43 bits per heavy atom. The first kappa shape index (κ1) is 6.10. The lowest BCUT2D eigenvalue weighted by molar-refractivity contribution is -0.112. The molecule has 1 atom stereocenters. The fourth-order valence-electron chi connectivity index (χ4n) is 0.0896. The van der Waals surface area contributed by atoms with Crippen LogP contribution in [0.5, 0.6) is 0 Å². The van der Waals surface area contributed by atoms with Gasteiger partial charge < -0.3 is 15.1 Å². The number of aliphatic hydroxyl groups excluding tert-OH is 1. The number of hydrogen-bond donors (Lipinski definition) is 2. The number of rotatable bonds is 2. The molecule has 0 heterocycles. The molecule has 0 aliphatic rings. The van der Waals surface area contributed by atoms with E-state index in [0.29, 0.717) is 0 Å². The van der Waals surface area contributed by atoms with E-state index in [9.17, 15) is 4.79 Å². The predicted molar refractivity (Wildman–Crippen MR) is 21.3 cm³/mol. The molecule has 0 aliphatic carbocycles. The highest BCUT2D eigenvalue weighted by atomic mass is 16.4. The van der Waals surface area contributed by atoms with E-state index in [0.717, 1.165) is 0 Å². The van der Waals surface area contributed by atoms with E-state index in [1.165, 1.54) is 0 Å². The smallest absolute Gasteiger partial charge is 0.156 e. The molecule has 0 aliphatic heterocycles. The first-order chi connectivity index (χ1) is 3.31. The van der Waals surface area contributed by atoms with Crippen LogP contribution in [-0.4, -0.2) is 28.9 Å². The second-order valence-electron chi connectivity index (χ2n) is 0.810. The summed E-state index contributed by atoms with van der Waals surface area (Å²) in [6.07, 6.45) is 0.459. The summed E-state index contributed by atoms with van der Waals surface area (Å²) in [6.45, 7) is 0. The number of carbonyl (C=O) groups is 1. The molecule has 0 saturated carbocycles. The lowest BCUT2D eigenvalue weighted by Crippen LogP contribution is -2.08. The highest BCUT2D eigenvalue weighted by molar-refractivity contribution is 5.82. The van der Waals surface area contributed by atoms with Crippen molar-refractivity contribution in [2.45, 2.75) is 6.10 Å². The first-order valence-corrected chi connectivity index (χ1v) is 1.54. The number of aldehydes is 1. The molecule has 0 rings (SSSR count). The average molecular weight is 102 g/mol. The summed E-state index contributed by atoms with van der Waals surface area (Å²) in [7, 11) is 0. The monoisotopic (exact) mass is 102 g/mol. The van der Waals surface area contributed by atoms with E-state index in [4.69, 9.17) is 10.3 Å². The molecule has 1 unspecified atom stereocenters. The van der Waals surface area contributed by atoms with Crippen LogP contribution in [0.15, 0.2) is 5.16 Å². The lowest BCUT2D eigenvalue weighted by atomic mass is 10.4. The Kier molecular flexibility index (Phi) is 2.87. The van der Waals surface area contributed by atoms with Crippen molar-refractivity contribution in [2.24, 2.45) is 5.16 Å². The molecule has 39 valence electrons. The van der Waals surface area contributed by atoms with Crippen LogP contribution in [0.25, 0.3) is 0 Å². The van der Waals surface area contributed by atoms with Gasteiger partial charge >= 0.3 is 0 Å². The third-order valence-corrected chi connectivity index (χ3v) is 0.319. The van der Waals surface area contributed by atoms with Crippen molar-refractivity contribution in [1.82, 2.24) is 0 Å². The highest BCUT2D eigenvalue weighted by Gasteiger charge is 1.92. The second-order valence-corrected chi connectivity index (χ2v) is 0.810. The van der Waals surface area contributed by atoms with Gasteiger partial charge in [0.1, 0.15) is 6.21 Å².